The highest BCUT2D eigenvalue weighted by molar-refractivity contribution is 6.32. The number of nitrogens with one attached hydrogen (secondary N) is 1. The van der Waals surface area contributed by atoms with Crippen LogP contribution in [0, 0.1) is 0 Å². The minimum atomic E-state index is -0.278. The van der Waals surface area contributed by atoms with E-state index in [1.165, 1.54) is 11.0 Å². The Kier molecular flexibility index (Phi) is 6.09. The summed E-state index contributed by atoms with van der Waals surface area (Å²) in [7, 11) is 1.57. The van der Waals surface area contributed by atoms with Crippen molar-refractivity contribution in [3.63, 3.8) is 0 Å². The lowest BCUT2D eigenvalue weighted by molar-refractivity contribution is -0.131. The van der Waals surface area contributed by atoms with Crippen molar-refractivity contribution in [3.05, 3.63) is 28.8 Å². The molecule has 0 unspecified atom stereocenters. The monoisotopic (exact) mass is 352 g/mol. The van der Waals surface area contributed by atoms with Crippen LogP contribution in [0.4, 0.5) is 0 Å². The molecule has 0 saturated heterocycles. The topological polar surface area (TPSA) is 67.9 Å². The zero-order valence-corrected chi connectivity index (χ0v) is 14.7. The molecule has 0 bridgehead atoms. The zero-order valence-electron chi connectivity index (χ0n) is 14.0. The quantitative estimate of drug-likeness (QED) is 0.824. The average Bonchev–Trinajstić information content (AvgIpc) is 2.51. The van der Waals surface area contributed by atoms with E-state index in [1.54, 1.807) is 25.3 Å². The van der Waals surface area contributed by atoms with Crippen molar-refractivity contribution in [1.29, 1.82) is 0 Å². The van der Waals surface area contributed by atoms with Gasteiger partial charge in [0.25, 0.3) is 0 Å². The van der Waals surface area contributed by atoms with Crippen LogP contribution < -0.4 is 14.8 Å². The maximum absolute atomic E-state index is 12.1. The van der Waals surface area contributed by atoms with E-state index in [2.05, 4.69) is 5.32 Å². The van der Waals surface area contributed by atoms with E-state index < -0.39 is 0 Å². The Labute approximate surface area is 146 Å². The van der Waals surface area contributed by atoms with Crippen molar-refractivity contribution in [2.75, 3.05) is 26.8 Å². The third-order valence-corrected chi connectivity index (χ3v) is 3.52. The molecule has 2 amide bonds. The molecule has 24 heavy (non-hydrogen) atoms. The van der Waals surface area contributed by atoms with Crippen molar-refractivity contribution in [2.24, 2.45) is 0 Å². The molecule has 1 aromatic carbocycles. The molecule has 1 aromatic rings. The first-order valence-electron chi connectivity index (χ1n) is 7.68. The molecular formula is C17H21ClN2O4. The number of ether oxygens (including phenoxy) is 2. The predicted molar refractivity (Wildman–Crippen MR) is 92.4 cm³/mol. The number of carbonyl (C=O) groups excluding carboxylic acids is 2. The van der Waals surface area contributed by atoms with Crippen LogP contribution in [-0.2, 0) is 9.59 Å². The van der Waals surface area contributed by atoms with Gasteiger partial charge in [0.15, 0.2) is 11.5 Å². The van der Waals surface area contributed by atoms with E-state index in [4.69, 9.17) is 21.1 Å². The number of carbonyl (C=O) groups is 2. The third-order valence-electron chi connectivity index (χ3n) is 3.24. The predicted octanol–water partition coefficient (Wildman–Crippen LogP) is 2.11. The van der Waals surface area contributed by atoms with Crippen molar-refractivity contribution in [1.82, 2.24) is 10.2 Å². The van der Waals surface area contributed by atoms with Crippen molar-refractivity contribution in [3.8, 4) is 11.5 Å². The maximum atomic E-state index is 12.1. The van der Waals surface area contributed by atoms with Crippen LogP contribution in [0.2, 0.25) is 5.02 Å². The normalized spacial score (nSPS) is 13.2. The van der Waals surface area contributed by atoms with Gasteiger partial charge in [-0.25, -0.2) is 0 Å². The van der Waals surface area contributed by atoms with E-state index in [-0.39, 0.29) is 24.4 Å². The van der Waals surface area contributed by atoms with Crippen molar-refractivity contribution < 1.29 is 19.1 Å². The lowest BCUT2D eigenvalue weighted by Crippen LogP contribution is -2.40. The van der Waals surface area contributed by atoms with Gasteiger partial charge in [0.1, 0.15) is 13.2 Å². The molecule has 1 heterocycles. The lowest BCUT2D eigenvalue weighted by Gasteiger charge is -2.19. The molecule has 1 N–H and O–H groups in total. The van der Waals surface area contributed by atoms with Crippen LogP contribution in [0.5, 0.6) is 11.5 Å². The first kappa shape index (κ1) is 18.1. The summed E-state index contributed by atoms with van der Waals surface area (Å²) < 4.78 is 10.9. The molecular weight excluding hydrogens is 332 g/mol. The number of hydrogen-bond donors (Lipinski definition) is 1. The van der Waals surface area contributed by atoms with Crippen molar-refractivity contribution >= 4 is 29.5 Å². The third kappa shape index (κ3) is 4.89. The average molecular weight is 353 g/mol. The molecule has 0 atom stereocenters. The maximum Gasteiger partial charge on any atom is 0.246 e. The summed E-state index contributed by atoms with van der Waals surface area (Å²) >= 11 is 6.16. The van der Waals surface area contributed by atoms with Crippen LogP contribution in [0.25, 0.3) is 6.08 Å². The van der Waals surface area contributed by atoms with Crippen LogP contribution in [0.1, 0.15) is 19.4 Å². The Bertz CT molecular complexity index is 658. The van der Waals surface area contributed by atoms with E-state index in [0.717, 1.165) is 5.56 Å². The van der Waals surface area contributed by atoms with Gasteiger partial charge in [-0.05, 0) is 37.6 Å². The molecule has 1 aliphatic rings. The molecule has 0 fully saturated rings. The van der Waals surface area contributed by atoms with E-state index in [9.17, 15) is 9.59 Å². The number of halogens is 1. The first-order chi connectivity index (χ1) is 11.4. The van der Waals surface area contributed by atoms with Gasteiger partial charge in [0.2, 0.25) is 11.8 Å². The fourth-order valence-electron chi connectivity index (χ4n) is 2.18. The summed E-state index contributed by atoms with van der Waals surface area (Å²) in [5.41, 5.74) is 0.720. The Morgan fingerprint density at radius 2 is 2.04 bits per heavy atom. The van der Waals surface area contributed by atoms with Gasteiger partial charge >= 0.3 is 0 Å². The minimum Gasteiger partial charge on any atom is -0.486 e. The second-order valence-electron chi connectivity index (χ2n) is 5.78. The molecule has 130 valence electrons. The second-order valence-corrected chi connectivity index (χ2v) is 6.18. The molecule has 2 rings (SSSR count). The van der Waals surface area contributed by atoms with Crippen LogP contribution in [0.15, 0.2) is 18.2 Å². The molecule has 0 spiro atoms. The molecule has 6 nitrogen and oxygen atoms in total. The summed E-state index contributed by atoms with van der Waals surface area (Å²) in [6.45, 7) is 4.66. The van der Waals surface area contributed by atoms with Gasteiger partial charge in [0.05, 0.1) is 11.6 Å². The fourth-order valence-corrected chi connectivity index (χ4v) is 2.46. The fraction of sp³-hybridized carbons (Fsp3) is 0.412. The highest BCUT2D eigenvalue weighted by Crippen LogP contribution is 2.38. The summed E-state index contributed by atoms with van der Waals surface area (Å²) in [6, 6.07) is 3.50. The molecule has 0 aromatic heterocycles. The summed E-state index contributed by atoms with van der Waals surface area (Å²) in [4.78, 5) is 25.1. The van der Waals surface area contributed by atoms with Gasteiger partial charge in [0, 0.05) is 19.2 Å². The lowest BCUT2D eigenvalue weighted by atomic mass is 10.1. The molecule has 0 saturated carbocycles. The minimum absolute atomic E-state index is 0.00322. The van der Waals surface area contributed by atoms with Gasteiger partial charge in [-0.2, -0.15) is 0 Å². The van der Waals surface area contributed by atoms with Crippen LogP contribution >= 0.6 is 11.6 Å². The van der Waals surface area contributed by atoms with Gasteiger partial charge in [-0.1, -0.05) is 11.6 Å². The van der Waals surface area contributed by atoms with E-state index >= 15 is 0 Å². The molecule has 0 radical (unpaired) electrons. The summed E-state index contributed by atoms with van der Waals surface area (Å²) in [5.74, 6) is 0.607. The van der Waals surface area contributed by atoms with Gasteiger partial charge < -0.3 is 19.7 Å². The number of fused-ring (bicyclic) bond motifs is 1. The number of hydrogen-bond acceptors (Lipinski definition) is 4. The Morgan fingerprint density at radius 3 is 2.75 bits per heavy atom. The highest BCUT2D eigenvalue weighted by atomic mass is 35.5. The van der Waals surface area contributed by atoms with E-state index in [1.807, 2.05) is 13.8 Å². The number of nitrogens with zero attached hydrogens (tertiary/aromatic N) is 1. The first-order valence-corrected chi connectivity index (χ1v) is 8.06. The molecule has 1 aliphatic heterocycles. The summed E-state index contributed by atoms with van der Waals surface area (Å²) in [5, 5.41) is 3.17. The van der Waals surface area contributed by atoms with E-state index in [0.29, 0.717) is 29.7 Å². The molecule has 0 aliphatic carbocycles. The summed E-state index contributed by atoms with van der Waals surface area (Å²) in [6.07, 6.45) is 3.02. The largest absolute Gasteiger partial charge is 0.486 e. The number of likely N-dealkylation sites (N-methyl/N-ethyl adjacent to an activating group) is 1. The number of rotatable bonds is 5. The Balaban J connectivity index is 2.01. The highest BCUT2D eigenvalue weighted by Gasteiger charge is 2.16. The standard InChI is InChI=1S/C17H21ClN2O4/c1-11(2)19-15(21)10-20(3)16(22)5-4-12-8-13(18)17-14(9-12)23-6-7-24-17/h4-5,8-9,11H,6-7,10H2,1-3H3,(H,19,21)/b5-4+. The number of benzene rings is 1. The second kappa shape index (κ2) is 8.06. The SMILES string of the molecule is CC(C)NC(=O)CN(C)C(=O)/C=C/c1cc(Cl)c2c(c1)OCCO2. The number of amides is 2. The van der Waals surface area contributed by atoms with Crippen LogP contribution in [-0.4, -0.2) is 49.6 Å². The zero-order chi connectivity index (χ0) is 17.7. The smallest absolute Gasteiger partial charge is 0.246 e. The van der Waals surface area contributed by atoms with Crippen molar-refractivity contribution in [2.45, 2.75) is 19.9 Å². The van der Waals surface area contributed by atoms with Gasteiger partial charge in [-0.3, -0.25) is 9.59 Å². The Morgan fingerprint density at radius 1 is 1.33 bits per heavy atom. The van der Waals surface area contributed by atoms with Crippen LogP contribution in [0.3, 0.4) is 0 Å². The Hall–Kier alpha value is -2.21. The van der Waals surface area contributed by atoms with Gasteiger partial charge in [-0.15, -0.1) is 0 Å². The molecule has 7 heteroatoms.